The second kappa shape index (κ2) is 11.0. The molecule has 1 heterocycles. The van der Waals surface area contributed by atoms with Gasteiger partial charge in [-0.1, -0.05) is 18.2 Å². The Bertz CT molecular complexity index is 458. The van der Waals surface area contributed by atoms with Crippen molar-refractivity contribution in [2.24, 2.45) is 0 Å². The number of nitrogens with zero attached hydrogens (tertiary/aromatic N) is 2. The summed E-state index contributed by atoms with van der Waals surface area (Å²) in [5, 5.41) is 6.07. The Morgan fingerprint density at radius 2 is 1.75 bits per heavy atom. The number of benzene rings is 1. The number of anilines is 1. The molecule has 0 saturated carbocycles. The highest BCUT2D eigenvalue weighted by atomic mass is 16.1. The number of piperazine rings is 1. The van der Waals surface area contributed by atoms with Crippen LogP contribution in [0.5, 0.6) is 0 Å². The van der Waals surface area contributed by atoms with Crippen molar-refractivity contribution < 1.29 is 4.79 Å². The van der Waals surface area contributed by atoms with Gasteiger partial charge in [0.05, 0.1) is 0 Å². The Kier molecular flexibility index (Phi) is 8.63. The lowest BCUT2D eigenvalue weighted by Gasteiger charge is -2.36. The van der Waals surface area contributed by atoms with Crippen LogP contribution in [0.3, 0.4) is 0 Å². The van der Waals surface area contributed by atoms with Crippen molar-refractivity contribution in [3.63, 3.8) is 0 Å². The van der Waals surface area contributed by atoms with Gasteiger partial charge >= 0.3 is 0 Å². The van der Waals surface area contributed by atoms with Gasteiger partial charge in [-0.25, -0.2) is 0 Å². The maximum Gasteiger partial charge on any atom is 0.220 e. The molecule has 0 unspecified atom stereocenters. The molecule has 1 aromatic rings. The molecule has 2 rings (SSSR count). The number of amides is 1. The van der Waals surface area contributed by atoms with E-state index in [1.165, 1.54) is 5.69 Å². The van der Waals surface area contributed by atoms with Gasteiger partial charge in [-0.05, 0) is 51.5 Å². The Labute approximate surface area is 146 Å². The SMILES string of the molecule is CNCCCC(=O)NCCCCN1CCN(c2ccccc2)CC1. The lowest BCUT2D eigenvalue weighted by Crippen LogP contribution is -2.46. The lowest BCUT2D eigenvalue weighted by molar-refractivity contribution is -0.121. The van der Waals surface area contributed by atoms with Gasteiger partial charge in [0.15, 0.2) is 0 Å². The molecule has 0 radical (unpaired) electrons. The van der Waals surface area contributed by atoms with Gasteiger partial charge in [0.2, 0.25) is 5.91 Å². The van der Waals surface area contributed by atoms with Gasteiger partial charge in [-0.15, -0.1) is 0 Å². The second-order valence-corrected chi connectivity index (χ2v) is 6.43. The molecule has 0 bridgehead atoms. The zero-order valence-electron chi connectivity index (χ0n) is 15.0. The first-order valence-electron chi connectivity index (χ1n) is 9.23. The molecule has 0 spiro atoms. The molecule has 1 aliphatic rings. The normalized spacial score (nSPS) is 15.5. The highest BCUT2D eigenvalue weighted by Gasteiger charge is 2.16. The van der Waals surface area contributed by atoms with Crippen LogP contribution < -0.4 is 15.5 Å². The fourth-order valence-corrected chi connectivity index (χ4v) is 3.07. The van der Waals surface area contributed by atoms with E-state index in [4.69, 9.17) is 0 Å². The standard InChI is InChI=1S/C19H32N4O/c1-20-11-7-10-19(24)21-12-5-6-13-22-14-16-23(17-15-22)18-8-3-2-4-9-18/h2-4,8-9,20H,5-7,10-17H2,1H3,(H,21,24). The number of rotatable bonds is 10. The maximum atomic E-state index is 11.6. The summed E-state index contributed by atoms with van der Waals surface area (Å²) < 4.78 is 0. The van der Waals surface area contributed by atoms with Crippen molar-refractivity contribution in [1.29, 1.82) is 0 Å². The Balaban J connectivity index is 1.50. The van der Waals surface area contributed by atoms with Crippen molar-refractivity contribution in [2.75, 3.05) is 57.8 Å². The lowest BCUT2D eigenvalue weighted by atomic mass is 10.2. The van der Waals surface area contributed by atoms with Crippen LogP contribution in [-0.4, -0.2) is 63.7 Å². The fraction of sp³-hybridized carbons (Fsp3) is 0.632. The molecule has 1 aliphatic heterocycles. The van der Waals surface area contributed by atoms with Gasteiger partial charge in [0.25, 0.3) is 0 Å². The molecule has 134 valence electrons. The van der Waals surface area contributed by atoms with Crippen LogP contribution in [0.4, 0.5) is 5.69 Å². The first kappa shape index (κ1) is 18.7. The van der Waals surface area contributed by atoms with Crippen LogP contribution in [0.25, 0.3) is 0 Å². The van der Waals surface area contributed by atoms with Crippen molar-refractivity contribution in [3.05, 3.63) is 30.3 Å². The third-order valence-electron chi connectivity index (χ3n) is 4.55. The minimum atomic E-state index is 0.182. The summed E-state index contributed by atoms with van der Waals surface area (Å²) in [7, 11) is 1.91. The van der Waals surface area contributed by atoms with E-state index in [-0.39, 0.29) is 5.91 Å². The summed E-state index contributed by atoms with van der Waals surface area (Å²) in [4.78, 5) is 16.6. The summed E-state index contributed by atoms with van der Waals surface area (Å²) in [6.07, 6.45) is 3.76. The number of nitrogens with one attached hydrogen (secondary N) is 2. The fourth-order valence-electron chi connectivity index (χ4n) is 3.07. The summed E-state index contributed by atoms with van der Waals surface area (Å²) in [5.74, 6) is 0.182. The molecule has 0 aliphatic carbocycles. The van der Waals surface area contributed by atoms with E-state index in [9.17, 15) is 4.79 Å². The van der Waals surface area contributed by atoms with Gasteiger partial charge < -0.3 is 15.5 Å². The van der Waals surface area contributed by atoms with E-state index in [0.29, 0.717) is 6.42 Å². The van der Waals surface area contributed by atoms with E-state index in [0.717, 1.165) is 65.1 Å². The number of carbonyl (C=O) groups excluding carboxylic acids is 1. The van der Waals surface area contributed by atoms with E-state index in [1.54, 1.807) is 0 Å². The van der Waals surface area contributed by atoms with E-state index in [2.05, 4.69) is 50.8 Å². The smallest absolute Gasteiger partial charge is 0.220 e. The monoisotopic (exact) mass is 332 g/mol. The molecular weight excluding hydrogens is 300 g/mol. The molecule has 1 fully saturated rings. The van der Waals surface area contributed by atoms with Crippen LogP contribution in [0.1, 0.15) is 25.7 Å². The molecule has 1 aromatic carbocycles. The van der Waals surface area contributed by atoms with E-state index >= 15 is 0 Å². The van der Waals surface area contributed by atoms with E-state index < -0.39 is 0 Å². The first-order chi connectivity index (χ1) is 11.8. The Morgan fingerprint density at radius 1 is 1.00 bits per heavy atom. The molecular formula is C19H32N4O. The Morgan fingerprint density at radius 3 is 2.46 bits per heavy atom. The Hall–Kier alpha value is -1.59. The third kappa shape index (κ3) is 6.89. The highest BCUT2D eigenvalue weighted by Crippen LogP contribution is 2.15. The number of para-hydroxylation sites is 1. The van der Waals surface area contributed by atoms with Gasteiger partial charge in [0.1, 0.15) is 0 Å². The molecule has 1 saturated heterocycles. The predicted octanol–water partition coefficient (Wildman–Crippen LogP) is 1.70. The molecule has 2 N–H and O–H groups in total. The molecule has 24 heavy (non-hydrogen) atoms. The average molecular weight is 332 g/mol. The van der Waals surface area contributed by atoms with Gasteiger partial charge in [-0.3, -0.25) is 9.69 Å². The third-order valence-corrected chi connectivity index (χ3v) is 4.55. The minimum absolute atomic E-state index is 0.182. The molecule has 0 aromatic heterocycles. The summed E-state index contributed by atoms with van der Waals surface area (Å²) in [6.45, 7) is 7.32. The van der Waals surface area contributed by atoms with Crippen molar-refractivity contribution in [3.8, 4) is 0 Å². The zero-order valence-corrected chi connectivity index (χ0v) is 15.0. The van der Waals surface area contributed by atoms with Crippen LogP contribution in [0.15, 0.2) is 30.3 Å². The van der Waals surface area contributed by atoms with Crippen LogP contribution in [0, 0.1) is 0 Å². The van der Waals surface area contributed by atoms with Crippen molar-refractivity contribution in [1.82, 2.24) is 15.5 Å². The zero-order chi connectivity index (χ0) is 17.0. The highest BCUT2D eigenvalue weighted by molar-refractivity contribution is 5.75. The molecule has 5 heteroatoms. The van der Waals surface area contributed by atoms with E-state index in [1.807, 2.05) is 7.05 Å². The number of hydrogen-bond donors (Lipinski definition) is 2. The second-order valence-electron chi connectivity index (χ2n) is 6.43. The molecule has 5 nitrogen and oxygen atoms in total. The number of unbranched alkanes of at least 4 members (excludes halogenated alkanes) is 1. The maximum absolute atomic E-state index is 11.6. The number of carbonyl (C=O) groups is 1. The molecule has 0 atom stereocenters. The van der Waals surface area contributed by atoms with Crippen LogP contribution in [-0.2, 0) is 4.79 Å². The summed E-state index contributed by atoms with van der Waals surface area (Å²) in [5.41, 5.74) is 1.33. The predicted molar refractivity (Wildman–Crippen MR) is 100 cm³/mol. The topological polar surface area (TPSA) is 47.6 Å². The average Bonchev–Trinajstić information content (AvgIpc) is 2.63. The largest absolute Gasteiger partial charge is 0.369 e. The minimum Gasteiger partial charge on any atom is -0.369 e. The van der Waals surface area contributed by atoms with Crippen molar-refractivity contribution in [2.45, 2.75) is 25.7 Å². The first-order valence-corrected chi connectivity index (χ1v) is 9.23. The quantitative estimate of drug-likeness (QED) is 0.640. The summed E-state index contributed by atoms with van der Waals surface area (Å²) in [6, 6.07) is 10.7. The number of hydrogen-bond acceptors (Lipinski definition) is 4. The molecule has 1 amide bonds. The van der Waals surface area contributed by atoms with Crippen molar-refractivity contribution >= 4 is 11.6 Å². The van der Waals surface area contributed by atoms with Crippen LogP contribution in [0.2, 0.25) is 0 Å². The summed E-state index contributed by atoms with van der Waals surface area (Å²) >= 11 is 0. The van der Waals surface area contributed by atoms with Gasteiger partial charge in [-0.2, -0.15) is 0 Å². The van der Waals surface area contributed by atoms with Crippen LogP contribution >= 0.6 is 0 Å². The van der Waals surface area contributed by atoms with Gasteiger partial charge in [0, 0.05) is 44.8 Å².